The molecule has 1 aromatic heterocycles. The summed E-state index contributed by atoms with van der Waals surface area (Å²) in [6.07, 6.45) is 3.50. The van der Waals surface area contributed by atoms with E-state index in [1.807, 2.05) is 12.1 Å². The summed E-state index contributed by atoms with van der Waals surface area (Å²) in [5, 5.41) is 3.12. The third kappa shape index (κ3) is 4.54. The van der Waals surface area contributed by atoms with Gasteiger partial charge in [-0.15, -0.1) is 0 Å². The predicted molar refractivity (Wildman–Crippen MR) is 61.8 cm³/mol. The highest BCUT2D eigenvalue weighted by Crippen LogP contribution is 2.03. The van der Waals surface area contributed by atoms with E-state index in [9.17, 15) is 0 Å². The van der Waals surface area contributed by atoms with Crippen molar-refractivity contribution in [3.8, 4) is 0 Å². The highest BCUT2D eigenvalue weighted by atomic mass is 16.3. The molecule has 1 heterocycles. The fourth-order valence-electron chi connectivity index (χ4n) is 1.31. The highest BCUT2D eigenvalue weighted by Gasteiger charge is 2.05. The average molecular weight is 209 g/mol. The first-order valence-corrected chi connectivity index (χ1v) is 5.31. The number of furan rings is 1. The Morgan fingerprint density at radius 1 is 1.67 bits per heavy atom. The van der Waals surface area contributed by atoms with Gasteiger partial charge in [0.15, 0.2) is 5.96 Å². The molecule has 1 unspecified atom stereocenters. The van der Waals surface area contributed by atoms with E-state index in [1.54, 1.807) is 6.26 Å². The van der Waals surface area contributed by atoms with Crippen molar-refractivity contribution in [1.29, 1.82) is 0 Å². The maximum absolute atomic E-state index is 5.70. The van der Waals surface area contributed by atoms with E-state index < -0.39 is 0 Å². The molecule has 1 rings (SSSR count). The summed E-state index contributed by atoms with van der Waals surface area (Å²) in [4.78, 5) is 4.16. The lowest BCUT2D eigenvalue weighted by Crippen LogP contribution is -2.39. The molecule has 4 heteroatoms. The van der Waals surface area contributed by atoms with Crippen LogP contribution in [-0.2, 0) is 6.42 Å². The normalized spacial score (nSPS) is 13.9. The molecule has 0 aliphatic carbocycles. The van der Waals surface area contributed by atoms with Gasteiger partial charge in [0.2, 0.25) is 0 Å². The Morgan fingerprint density at radius 2 is 2.47 bits per heavy atom. The molecule has 1 atom stereocenters. The molecule has 15 heavy (non-hydrogen) atoms. The lowest BCUT2D eigenvalue weighted by molar-refractivity contribution is 0.481. The molecule has 0 aliphatic rings. The molecule has 0 fully saturated rings. The summed E-state index contributed by atoms with van der Waals surface area (Å²) >= 11 is 0. The van der Waals surface area contributed by atoms with E-state index in [-0.39, 0.29) is 6.04 Å². The number of nitrogens with two attached hydrogens (primary N) is 1. The van der Waals surface area contributed by atoms with E-state index in [1.165, 1.54) is 0 Å². The third-order valence-electron chi connectivity index (χ3n) is 1.99. The monoisotopic (exact) mass is 209 g/mol. The van der Waals surface area contributed by atoms with Gasteiger partial charge in [-0.1, -0.05) is 6.92 Å². The van der Waals surface area contributed by atoms with Gasteiger partial charge >= 0.3 is 0 Å². The summed E-state index contributed by atoms with van der Waals surface area (Å²) in [6, 6.07) is 4.07. The largest absolute Gasteiger partial charge is 0.469 e. The molecule has 0 saturated heterocycles. The van der Waals surface area contributed by atoms with Crippen LogP contribution in [0.5, 0.6) is 0 Å². The molecule has 0 amide bonds. The fraction of sp³-hybridized carbons (Fsp3) is 0.545. The summed E-state index contributed by atoms with van der Waals surface area (Å²) < 4.78 is 5.25. The van der Waals surface area contributed by atoms with Gasteiger partial charge in [-0.2, -0.15) is 0 Å². The van der Waals surface area contributed by atoms with Crippen LogP contribution in [-0.4, -0.2) is 18.5 Å². The Labute approximate surface area is 90.6 Å². The summed E-state index contributed by atoms with van der Waals surface area (Å²) in [6.45, 7) is 4.90. The smallest absolute Gasteiger partial charge is 0.188 e. The third-order valence-corrected chi connectivity index (χ3v) is 1.99. The molecular formula is C11H19N3O. The zero-order chi connectivity index (χ0) is 11.1. The summed E-state index contributed by atoms with van der Waals surface area (Å²) in [5.41, 5.74) is 5.70. The minimum atomic E-state index is 0.233. The second kappa shape index (κ2) is 6.11. The van der Waals surface area contributed by atoms with E-state index in [4.69, 9.17) is 10.2 Å². The first-order valence-electron chi connectivity index (χ1n) is 5.31. The zero-order valence-electron chi connectivity index (χ0n) is 9.36. The SMILES string of the molecule is CCCN=C(N)NC(C)Cc1ccco1. The molecule has 0 saturated carbocycles. The molecule has 84 valence electrons. The van der Waals surface area contributed by atoms with E-state index in [0.717, 1.165) is 25.1 Å². The maximum atomic E-state index is 5.70. The first kappa shape index (κ1) is 11.6. The second-order valence-corrected chi connectivity index (χ2v) is 3.60. The van der Waals surface area contributed by atoms with Gasteiger partial charge in [0.1, 0.15) is 5.76 Å². The molecule has 4 nitrogen and oxygen atoms in total. The van der Waals surface area contributed by atoms with Crippen molar-refractivity contribution in [3.63, 3.8) is 0 Å². The Bertz CT molecular complexity index is 293. The maximum Gasteiger partial charge on any atom is 0.188 e. The molecule has 0 spiro atoms. The van der Waals surface area contributed by atoms with Gasteiger partial charge in [-0.3, -0.25) is 4.99 Å². The number of rotatable bonds is 5. The zero-order valence-corrected chi connectivity index (χ0v) is 9.36. The van der Waals surface area contributed by atoms with Crippen molar-refractivity contribution in [2.75, 3.05) is 6.54 Å². The number of aliphatic imine (C=N–C) groups is 1. The van der Waals surface area contributed by atoms with Crippen molar-refractivity contribution in [3.05, 3.63) is 24.2 Å². The lowest BCUT2D eigenvalue weighted by atomic mass is 10.2. The molecule has 0 radical (unpaired) electrons. The van der Waals surface area contributed by atoms with Crippen molar-refractivity contribution in [2.24, 2.45) is 10.7 Å². The first-order chi connectivity index (χ1) is 7.22. The number of nitrogens with one attached hydrogen (secondary N) is 1. The lowest BCUT2D eigenvalue weighted by Gasteiger charge is -2.12. The van der Waals surface area contributed by atoms with Crippen LogP contribution in [0.1, 0.15) is 26.0 Å². The topological polar surface area (TPSA) is 63.5 Å². The van der Waals surface area contributed by atoms with Crippen LogP contribution < -0.4 is 11.1 Å². The van der Waals surface area contributed by atoms with Crippen molar-refractivity contribution >= 4 is 5.96 Å². The van der Waals surface area contributed by atoms with E-state index >= 15 is 0 Å². The van der Waals surface area contributed by atoms with Crippen LogP contribution in [0.15, 0.2) is 27.8 Å². The highest BCUT2D eigenvalue weighted by molar-refractivity contribution is 5.78. The van der Waals surface area contributed by atoms with Crippen LogP contribution in [0, 0.1) is 0 Å². The average Bonchev–Trinajstić information content (AvgIpc) is 2.67. The summed E-state index contributed by atoms with van der Waals surface area (Å²) in [7, 11) is 0. The molecule has 1 aromatic rings. The number of hydrogen-bond donors (Lipinski definition) is 2. The van der Waals surface area contributed by atoms with Crippen LogP contribution in [0.25, 0.3) is 0 Å². The van der Waals surface area contributed by atoms with E-state index in [2.05, 4.69) is 24.2 Å². The van der Waals surface area contributed by atoms with Gasteiger partial charge in [-0.25, -0.2) is 0 Å². The van der Waals surface area contributed by atoms with Crippen LogP contribution in [0.4, 0.5) is 0 Å². The minimum Gasteiger partial charge on any atom is -0.469 e. The van der Waals surface area contributed by atoms with Crippen molar-refractivity contribution < 1.29 is 4.42 Å². The van der Waals surface area contributed by atoms with Crippen molar-refractivity contribution in [2.45, 2.75) is 32.7 Å². The molecule has 3 N–H and O–H groups in total. The fourth-order valence-corrected chi connectivity index (χ4v) is 1.31. The van der Waals surface area contributed by atoms with Crippen LogP contribution >= 0.6 is 0 Å². The Morgan fingerprint density at radius 3 is 3.07 bits per heavy atom. The van der Waals surface area contributed by atoms with Crippen LogP contribution in [0.3, 0.4) is 0 Å². The van der Waals surface area contributed by atoms with Crippen molar-refractivity contribution in [1.82, 2.24) is 5.32 Å². The van der Waals surface area contributed by atoms with Gasteiger partial charge in [0.25, 0.3) is 0 Å². The second-order valence-electron chi connectivity index (χ2n) is 3.60. The van der Waals surface area contributed by atoms with Gasteiger partial charge in [0, 0.05) is 19.0 Å². The Hall–Kier alpha value is -1.45. The van der Waals surface area contributed by atoms with Gasteiger partial charge < -0.3 is 15.5 Å². The molecule has 0 aliphatic heterocycles. The predicted octanol–water partition coefficient (Wildman–Crippen LogP) is 1.52. The Kier molecular flexibility index (Phi) is 4.74. The van der Waals surface area contributed by atoms with Crippen LogP contribution in [0.2, 0.25) is 0 Å². The summed E-state index contributed by atoms with van der Waals surface area (Å²) in [5.74, 6) is 1.47. The molecule has 0 bridgehead atoms. The minimum absolute atomic E-state index is 0.233. The number of hydrogen-bond acceptors (Lipinski definition) is 2. The van der Waals surface area contributed by atoms with Gasteiger partial charge in [0.05, 0.1) is 6.26 Å². The quantitative estimate of drug-likeness (QED) is 0.571. The number of nitrogens with zero attached hydrogens (tertiary/aromatic N) is 1. The Balaban J connectivity index is 2.32. The molecular weight excluding hydrogens is 190 g/mol. The standard InChI is InChI=1S/C11H19N3O/c1-3-6-13-11(12)14-9(2)8-10-5-4-7-15-10/h4-5,7,9H,3,6,8H2,1-2H3,(H3,12,13,14). The van der Waals surface area contributed by atoms with E-state index in [0.29, 0.717) is 5.96 Å². The number of guanidine groups is 1. The van der Waals surface area contributed by atoms with Gasteiger partial charge in [-0.05, 0) is 25.5 Å². The molecule has 0 aromatic carbocycles.